The largest absolute Gasteiger partial charge is 0.393 e. The first kappa shape index (κ1) is 37.6. The Kier molecular flexibility index (Phi) is 10.9. The van der Waals surface area contributed by atoms with E-state index in [9.17, 15) is 15.3 Å². The maximum atomic E-state index is 12.8. The van der Waals surface area contributed by atoms with Crippen LogP contribution < -0.4 is 10.8 Å². The zero-order valence-corrected chi connectivity index (χ0v) is 33.3. The Balaban J connectivity index is 0.890. The lowest BCUT2D eigenvalue weighted by Gasteiger charge is -2.57. The van der Waals surface area contributed by atoms with Crippen LogP contribution in [0.1, 0.15) is 113 Å². The lowest BCUT2D eigenvalue weighted by atomic mass is 9.48. The number of amides is 1. The molecule has 5 fully saturated rings. The molecular weight excluding hydrogens is 703 g/mol. The number of unbranched alkanes of at least 4 members (excludes halogenated alkanes) is 2. The lowest BCUT2D eigenvalue weighted by molar-refractivity contribution is -0.123. The summed E-state index contributed by atoms with van der Waals surface area (Å²) in [6.45, 7) is 1.31. The van der Waals surface area contributed by atoms with Crippen LogP contribution in [-0.4, -0.2) is 37.8 Å². The molecule has 7 heteroatoms. The van der Waals surface area contributed by atoms with E-state index in [2.05, 4.69) is 94.5 Å². The van der Waals surface area contributed by atoms with E-state index in [0.29, 0.717) is 23.9 Å². The lowest BCUT2D eigenvalue weighted by Crippen LogP contribution is -2.46. The van der Waals surface area contributed by atoms with Crippen LogP contribution >= 0.6 is 0 Å². The van der Waals surface area contributed by atoms with Crippen LogP contribution in [-0.2, 0) is 11.3 Å². The molecule has 7 nitrogen and oxygen atoms in total. The number of carbonyl (C=O) groups excluding carboxylic acids is 1. The number of nitrogens with one attached hydrogen (secondary N) is 2. The highest BCUT2D eigenvalue weighted by Gasteiger charge is 2.50. The highest BCUT2D eigenvalue weighted by atomic mass is 16.3. The Morgan fingerprint density at radius 3 is 2.25 bits per heavy atom. The van der Waals surface area contributed by atoms with Crippen LogP contribution in [0.5, 0.6) is 0 Å². The van der Waals surface area contributed by atoms with Gasteiger partial charge in [0.05, 0.1) is 23.5 Å². The number of aliphatic hydroxyl groups is 1. The molecule has 10 rings (SSSR count). The molecule has 3 aromatic carbocycles. The number of benzene rings is 3. The average Bonchev–Trinajstić information content (AvgIpc) is 3.55. The van der Waals surface area contributed by atoms with Gasteiger partial charge in [-0.2, -0.15) is 0 Å². The van der Waals surface area contributed by atoms with Crippen molar-refractivity contribution in [3.05, 3.63) is 108 Å². The Hall–Kier alpha value is -4.93. The van der Waals surface area contributed by atoms with E-state index in [1.54, 1.807) is 0 Å². The Morgan fingerprint density at radius 2 is 1.54 bits per heavy atom. The summed E-state index contributed by atoms with van der Waals surface area (Å²) in [5.74, 6) is 9.86. The standard InChI is InChI=1S/C50H57N5O2/c51-48-46-45(40-15-6-3-7-16-40)47(41-17-8-4-9-18-41)54(49(46)53-34-55(48)42-19-21-43(56)22-20-42)33-36-14-11-13-35(26-36)12-5-1-2-10-25-52-44(57)23-24-50-30-37-27-38(31-50)29-39(28-37)32-50/h3-4,6-9,11,13-18,26,34,37-39,42-43,51,56H,1-2,10,19-25,27-33H2,(H,52,57). The Labute approximate surface area is 337 Å². The molecule has 0 unspecified atom stereocenters. The van der Waals surface area contributed by atoms with Crippen LogP contribution in [0, 0.1) is 40.4 Å². The molecule has 5 aliphatic carbocycles. The first-order valence-electron chi connectivity index (χ1n) is 21.7. The molecule has 5 saturated carbocycles. The van der Waals surface area contributed by atoms with Gasteiger partial charge in [-0.15, -0.1) is 0 Å². The second kappa shape index (κ2) is 16.5. The number of hydrogen-bond donors (Lipinski definition) is 3. The van der Waals surface area contributed by atoms with Crippen molar-refractivity contribution in [2.45, 2.75) is 115 Å². The van der Waals surface area contributed by atoms with Gasteiger partial charge in [0.1, 0.15) is 11.1 Å². The van der Waals surface area contributed by atoms with Gasteiger partial charge in [-0.1, -0.05) is 84.6 Å². The molecule has 5 aromatic rings. The molecule has 5 aliphatic rings. The zero-order valence-electron chi connectivity index (χ0n) is 33.3. The van der Waals surface area contributed by atoms with Crippen molar-refractivity contribution in [2.75, 3.05) is 6.54 Å². The molecule has 2 aromatic heterocycles. The van der Waals surface area contributed by atoms with E-state index in [4.69, 9.17) is 4.98 Å². The summed E-state index contributed by atoms with van der Waals surface area (Å²) in [4.78, 5) is 17.9. The molecule has 0 saturated heterocycles. The fraction of sp³-hybridized carbons (Fsp3) is 0.460. The molecule has 294 valence electrons. The third-order valence-electron chi connectivity index (χ3n) is 13.8. The summed E-state index contributed by atoms with van der Waals surface area (Å²) in [6.07, 6.45) is 17.7. The second-order valence-corrected chi connectivity index (χ2v) is 17.9. The van der Waals surface area contributed by atoms with Crippen LogP contribution in [0.2, 0.25) is 0 Å². The molecule has 4 bridgehead atoms. The molecule has 57 heavy (non-hydrogen) atoms. The number of rotatable bonds is 12. The summed E-state index contributed by atoms with van der Waals surface area (Å²) in [6, 6.07) is 29.5. The fourth-order valence-electron chi connectivity index (χ4n) is 11.5. The molecule has 0 atom stereocenters. The van der Waals surface area contributed by atoms with Gasteiger partial charge < -0.3 is 19.6 Å². The summed E-state index contributed by atoms with van der Waals surface area (Å²) in [5.41, 5.74) is 8.04. The number of aliphatic hydroxyl groups excluding tert-OH is 1. The van der Waals surface area contributed by atoms with Gasteiger partial charge in [0.2, 0.25) is 5.91 Å². The van der Waals surface area contributed by atoms with E-state index in [-0.39, 0.29) is 18.1 Å². The number of hydrogen-bond acceptors (Lipinski definition) is 4. The Morgan fingerprint density at radius 1 is 0.860 bits per heavy atom. The highest BCUT2D eigenvalue weighted by molar-refractivity contribution is 6.02. The van der Waals surface area contributed by atoms with Crippen molar-refractivity contribution in [3.63, 3.8) is 0 Å². The molecule has 0 aliphatic heterocycles. The minimum atomic E-state index is -0.261. The molecule has 3 N–H and O–H groups in total. The zero-order chi connectivity index (χ0) is 38.8. The monoisotopic (exact) mass is 759 g/mol. The predicted octanol–water partition coefficient (Wildman–Crippen LogP) is 9.81. The summed E-state index contributed by atoms with van der Waals surface area (Å²) >= 11 is 0. The molecule has 0 radical (unpaired) electrons. The van der Waals surface area contributed by atoms with E-state index < -0.39 is 0 Å². The van der Waals surface area contributed by atoms with Gasteiger partial charge in [0, 0.05) is 43.1 Å². The summed E-state index contributed by atoms with van der Waals surface area (Å²) in [5, 5.41) is 23.9. The van der Waals surface area contributed by atoms with Crippen molar-refractivity contribution in [3.8, 4) is 34.2 Å². The van der Waals surface area contributed by atoms with Crippen molar-refractivity contribution in [1.29, 1.82) is 5.41 Å². The number of carbonyl (C=O) groups is 1. The fourth-order valence-corrected chi connectivity index (χ4v) is 11.5. The molecule has 2 heterocycles. The molecule has 0 spiro atoms. The molecular formula is C50H57N5O2. The third kappa shape index (κ3) is 8.12. The van der Waals surface area contributed by atoms with Crippen LogP contribution in [0.25, 0.3) is 33.4 Å². The quantitative estimate of drug-likeness (QED) is 0.0873. The SMILES string of the molecule is N=c1c2c(-c3ccccc3)c(-c3ccccc3)n(Cc3cccc(C#CCCCCNC(=O)CCC45CC6CC(CC(C6)C4)C5)c3)c2ncn1C1CCC(O)CC1. The highest BCUT2D eigenvalue weighted by Crippen LogP contribution is 2.61. The Bertz CT molecular complexity index is 2290. The van der Waals surface area contributed by atoms with Crippen molar-refractivity contribution in [2.24, 2.45) is 23.2 Å². The van der Waals surface area contributed by atoms with Crippen molar-refractivity contribution >= 4 is 16.9 Å². The number of nitrogens with zero attached hydrogens (tertiary/aromatic N) is 3. The van der Waals surface area contributed by atoms with Gasteiger partial charge in [0.15, 0.2) is 0 Å². The van der Waals surface area contributed by atoms with Crippen LogP contribution in [0.15, 0.2) is 91.3 Å². The minimum absolute atomic E-state index is 0.139. The van der Waals surface area contributed by atoms with E-state index >= 15 is 0 Å². The summed E-state index contributed by atoms with van der Waals surface area (Å²) < 4.78 is 4.32. The maximum absolute atomic E-state index is 12.8. The predicted molar refractivity (Wildman–Crippen MR) is 227 cm³/mol. The van der Waals surface area contributed by atoms with Gasteiger partial charge >= 0.3 is 0 Å². The van der Waals surface area contributed by atoms with Gasteiger partial charge in [-0.25, -0.2) is 4.98 Å². The van der Waals surface area contributed by atoms with Crippen LogP contribution in [0.4, 0.5) is 0 Å². The first-order valence-corrected chi connectivity index (χ1v) is 21.7. The normalized spacial score (nSPS) is 25.0. The minimum Gasteiger partial charge on any atom is -0.393 e. The first-order chi connectivity index (χ1) is 27.9. The van der Waals surface area contributed by atoms with Crippen molar-refractivity contribution < 1.29 is 9.90 Å². The van der Waals surface area contributed by atoms with Gasteiger partial charge in [0.25, 0.3) is 0 Å². The second-order valence-electron chi connectivity index (χ2n) is 17.9. The van der Waals surface area contributed by atoms with Gasteiger partial charge in [-0.05, 0) is 135 Å². The van der Waals surface area contributed by atoms with Gasteiger partial charge in [-0.3, -0.25) is 10.2 Å². The van der Waals surface area contributed by atoms with Crippen molar-refractivity contribution in [1.82, 2.24) is 19.4 Å². The average molecular weight is 760 g/mol. The number of aromatic nitrogens is 3. The topological polar surface area (TPSA) is 95.9 Å². The smallest absolute Gasteiger partial charge is 0.220 e. The maximum Gasteiger partial charge on any atom is 0.220 e. The van der Waals surface area contributed by atoms with E-state index in [1.807, 2.05) is 23.0 Å². The van der Waals surface area contributed by atoms with Crippen LogP contribution in [0.3, 0.4) is 0 Å². The number of fused-ring (bicyclic) bond motifs is 1. The summed E-state index contributed by atoms with van der Waals surface area (Å²) in [7, 11) is 0. The third-order valence-corrected chi connectivity index (χ3v) is 13.8. The van der Waals surface area contributed by atoms with E-state index in [0.717, 1.165) is 120 Å². The van der Waals surface area contributed by atoms with E-state index in [1.165, 1.54) is 38.5 Å². The molecule has 1 amide bonds.